The predicted molar refractivity (Wildman–Crippen MR) is 124 cm³/mol. The van der Waals surface area contributed by atoms with Crippen LogP contribution in [0.25, 0.3) is 15.8 Å². The summed E-state index contributed by atoms with van der Waals surface area (Å²) < 4.78 is 7.33. The van der Waals surface area contributed by atoms with Gasteiger partial charge in [-0.05, 0) is 53.6 Å². The third-order valence-electron chi connectivity index (χ3n) is 4.56. The number of nitrogens with zero attached hydrogens (tertiary/aromatic N) is 1. The molecule has 0 bridgehead atoms. The molecule has 0 aliphatic carbocycles. The van der Waals surface area contributed by atoms with E-state index in [0.717, 1.165) is 31.4 Å². The number of hydrogen-bond donors (Lipinski definition) is 1. The third-order valence-corrected chi connectivity index (χ3v) is 6.79. The number of thiazole rings is 1. The summed E-state index contributed by atoms with van der Waals surface area (Å²) in [5.74, 6) is 1.07. The zero-order valence-electron chi connectivity index (χ0n) is 16.2. The zero-order chi connectivity index (χ0) is 20.9. The van der Waals surface area contributed by atoms with Gasteiger partial charge in [0.2, 0.25) is 0 Å². The van der Waals surface area contributed by atoms with E-state index < -0.39 is 0 Å². The van der Waals surface area contributed by atoms with Crippen molar-refractivity contribution in [2.75, 3.05) is 12.9 Å². The number of rotatable bonds is 7. The van der Waals surface area contributed by atoms with Crippen molar-refractivity contribution >= 4 is 44.7 Å². The molecule has 0 saturated carbocycles. The van der Waals surface area contributed by atoms with E-state index in [9.17, 15) is 9.90 Å². The van der Waals surface area contributed by atoms with Gasteiger partial charge in [-0.15, -0.1) is 11.3 Å². The lowest BCUT2D eigenvalue weighted by Crippen LogP contribution is -1.99. The first-order valence-corrected chi connectivity index (χ1v) is 11.1. The molecule has 0 aliphatic rings. The van der Waals surface area contributed by atoms with Gasteiger partial charge in [0.15, 0.2) is 10.1 Å². The van der Waals surface area contributed by atoms with Crippen molar-refractivity contribution in [2.24, 2.45) is 0 Å². The van der Waals surface area contributed by atoms with Gasteiger partial charge in [-0.25, -0.2) is 4.98 Å². The summed E-state index contributed by atoms with van der Waals surface area (Å²) in [4.78, 5) is 17.5. The number of phenolic OH excluding ortho intramolecular Hbond substituents is 1. The van der Waals surface area contributed by atoms with Crippen molar-refractivity contribution in [3.8, 4) is 11.5 Å². The molecule has 3 aromatic carbocycles. The Kier molecular flexibility index (Phi) is 6.16. The SMILES string of the molecule is COc1ccc(/C(=C\C(=O)c2ccccc2O)CSc2nc3ccccc3s2)cc1. The Morgan fingerprint density at radius 1 is 1.07 bits per heavy atom. The van der Waals surface area contributed by atoms with Gasteiger partial charge in [-0.1, -0.05) is 48.2 Å². The van der Waals surface area contributed by atoms with E-state index in [0.29, 0.717) is 5.75 Å². The summed E-state index contributed by atoms with van der Waals surface area (Å²) in [6.45, 7) is 0. The van der Waals surface area contributed by atoms with Gasteiger partial charge in [0, 0.05) is 5.75 Å². The molecule has 150 valence electrons. The molecule has 1 N–H and O–H groups in total. The van der Waals surface area contributed by atoms with Crippen LogP contribution in [-0.4, -0.2) is 28.7 Å². The quantitative estimate of drug-likeness (QED) is 0.218. The van der Waals surface area contributed by atoms with E-state index >= 15 is 0 Å². The summed E-state index contributed by atoms with van der Waals surface area (Å²) in [6.07, 6.45) is 1.59. The number of hydrogen-bond acceptors (Lipinski definition) is 6. The van der Waals surface area contributed by atoms with Crippen LogP contribution < -0.4 is 4.74 Å². The van der Waals surface area contributed by atoms with Crippen molar-refractivity contribution in [3.63, 3.8) is 0 Å². The molecule has 4 nitrogen and oxygen atoms in total. The van der Waals surface area contributed by atoms with Crippen molar-refractivity contribution in [3.05, 3.63) is 90.0 Å². The number of thioether (sulfide) groups is 1. The average Bonchev–Trinajstić information content (AvgIpc) is 3.20. The Morgan fingerprint density at radius 2 is 1.80 bits per heavy atom. The summed E-state index contributed by atoms with van der Waals surface area (Å²) in [6, 6.07) is 22.2. The Morgan fingerprint density at radius 3 is 2.53 bits per heavy atom. The minimum atomic E-state index is -0.233. The number of carbonyl (C=O) groups excluding carboxylic acids is 1. The molecule has 30 heavy (non-hydrogen) atoms. The number of fused-ring (bicyclic) bond motifs is 1. The summed E-state index contributed by atoms with van der Waals surface area (Å²) in [5, 5.41) is 10.0. The molecule has 4 aromatic rings. The standard InChI is InChI=1S/C24H19NO3S2/c1-28-18-12-10-16(11-13-18)17(14-22(27)19-6-2-4-8-21(19)26)15-29-24-25-20-7-3-5-9-23(20)30-24/h2-14,26H,15H2,1H3/b17-14-. The minimum Gasteiger partial charge on any atom is -0.507 e. The molecule has 1 heterocycles. The lowest BCUT2D eigenvalue weighted by atomic mass is 10.0. The fourth-order valence-corrected chi connectivity index (χ4v) is 5.05. The molecule has 0 aliphatic heterocycles. The van der Waals surface area contributed by atoms with Crippen LogP contribution >= 0.6 is 23.1 Å². The van der Waals surface area contributed by atoms with Crippen LogP contribution in [0.3, 0.4) is 0 Å². The second-order valence-corrected chi connectivity index (χ2v) is 8.77. The topological polar surface area (TPSA) is 59.4 Å². The normalized spacial score (nSPS) is 11.6. The van der Waals surface area contributed by atoms with Crippen LogP contribution in [0, 0.1) is 0 Å². The molecule has 4 rings (SSSR count). The monoisotopic (exact) mass is 433 g/mol. The average molecular weight is 434 g/mol. The van der Waals surface area contributed by atoms with E-state index in [2.05, 4.69) is 11.1 Å². The highest BCUT2D eigenvalue weighted by Crippen LogP contribution is 2.33. The maximum atomic E-state index is 12.8. The molecule has 6 heteroatoms. The van der Waals surface area contributed by atoms with Gasteiger partial charge in [0.05, 0.1) is 22.9 Å². The maximum Gasteiger partial charge on any atom is 0.189 e. The molecule has 1 aromatic heterocycles. The number of aromatic hydroxyl groups is 1. The second-order valence-electron chi connectivity index (χ2n) is 6.52. The van der Waals surface area contributed by atoms with E-state index in [1.807, 2.05) is 42.5 Å². The highest BCUT2D eigenvalue weighted by molar-refractivity contribution is 8.01. The third kappa shape index (κ3) is 4.56. The first-order chi connectivity index (χ1) is 14.6. The Labute approximate surface area is 182 Å². The highest BCUT2D eigenvalue weighted by atomic mass is 32.2. The van der Waals surface area contributed by atoms with Crippen LogP contribution in [0.4, 0.5) is 0 Å². The number of carbonyl (C=O) groups is 1. The van der Waals surface area contributed by atoms with Gasteiger partial charge >= 0.3 is 0 Å². The van der Waals surface area contributed by atoms with Crippen LogP contribution in [0.15, 0.2) is 83.2 Å². The zero-order valence-corrected chi connectivity index (χ0v) is 17.9. The number of allylic oxidation sites excluding steroid dienone is 1. The highest BCUT2D eigenvalue weighted by Gasteiger charge is 2.13. The summed E-state index contributed by atoms with van der Waals surface area (Å²) in [5.41, 5.74) is 3.04. The number of ether oxygens (including phenoxy) is 1. The van der Waals surface area contributed by atoms with Gasteiger partial charge in [0.1, 0.15) is 11.5 Å². The Hall–Kier alpha value is -3.09. The van der Waals surface area contributed by atoms with Crippen molar-refractivity contribution < 1.29 is 14.6 Å². The van der Waals surface area contributed by atoms with Crippen molar-refractivity contribution in [1.82, 2.24) is 4.98 Å². The van der Waals surface area contributed by atoms with Crippen molar-refractivity contribution in [2.45, 2.75) is 4.34 Å². The largest absolute Gasteiger partial charge is 0.507 e. The lowest BCUT2D eigenvalue weighted by molar-refractivity contribution is 0.104. The van der Waals surface area contributed by atoms with Gasteiger partial charge in [0.25, 0.3) is 0 Å². The van der Waals surface area contributed by atoms with Crippen LogP contribution in [0.1, 0.15) is 15.9 Å². The number of aromatic nitrogens is 1. The molecule has 0 fully saturated rings. The van der Waals surface area contributed by atoms with E-state index in [4.69, 9.17) is 4.74 Å². The first kappa shape index (κ1) is 20.2. The van der Waals surface area contributed by atoms with Crippen LogP contribution in [-0.2, 0) is 0 Å². The molecule has 0 atom stereocenters. The van der Waals surface area contributed by atoms with Gasteiger partial charge < -0.3 is 9.84 Å². The number of phenols is 1. The summed E-state index contributed by atoms with van der Waals surface area (Å²) in [7, 11) is 1.62. The summed E-state index contributed by atoms with van der Waals surface area (Å²) >= 11 is 3.23. The number of ketones is 1. The fraction of sp³-hybridized carbons (Fsp3) is 0.0833. The minimum absolute atomic E-state index is 0.0216. The number of benzene rings is 3. The van der Waals surface area contributed by atoms with E-state index in [1.165, 1.54) is 6.07 Å². The van der Waals surface area contributed by atoms with Crippen LogP contribution in [0.2, 0.25) is 0 Å². The molecular formula is C24H19NO3S2. The first-order valence-electron chi connectivity index (χ1n) is 9.30. The molecule has 0 radical (unpaired) electrons. The van der Waals surface area contributed by atoms with E-state index in [-0.39, 0.29) is 17.1 Å². The maximum absolute atomic E-state index is 12.8. The molecule has 0 amide bonds. The molecule has 0 saturated heterocycles. The number of para-hydroxylation sites is 2. The fourth-order valence-electron chi connectivity index (χ4n) is 2.98. The second kappa shape index (κ2) is 9.15. The smallest absolute Gasteiger partial charge is 0.189 e. The predicted octanol–water partition coefficient (Wildman–Crippen LogP) is 6.07. The molecule has 0 unspecified atom stereocenters. The number of methoxy groups -OCH3 is 1. The Balaban J connectivity index is 1.63. The van der Waals surface area contributed by atoms with Gasteiger partial charge in [-0.3, -0.25) is 4.79 Å². The van der Waals surface area contributed by atoms with E-state index in [1.54, 1.807) is 54.5 Å². The molecular weight excluding hydrogens is 414 g/mol. The van der Waals surface area contributed by atoms with Crippen molar-refractivity contribution in [1.29, 1.82) is 0 Å². The van der Waals surface area contributed by atoms with Crippen LogP contribution in [0.5, 0.6) is 11.5 Å². The van der Waals surface area contributed by atoms with Gasteiger partial charge in [-0.2, -0.15) is 0 Å². The molecule has 0 spiro atoms. The lowest BCUT2D eigenvalue weighted by Gasteiger charge is -2.09. The Bertz CT molecular complexity index is 1180.